The third-order valence-corrected chi connectivity index (χ3v) is 3.01. The van der Waals surface area contributed by atoms with Crippen LogP contribution in [0.2, 0.25) is 0 Å². The first-order valence-electron chi connectivity index (χ1n) is 5.86. The SMILES string of the molecule is CC[C@@H]1C[C@H]1N=C(N)Nc1cccc(C)c1.I. The molecule has 0 aliphatic heterocycles. The molecular weight excluding hydrogens is 325 g/mol. The van der Waals surface area contributed by atoms with Gasteiger partial charge in [0.25, 0.3) is 0 Å². The number of nitrogens with one attached hydrogen (secondary N) is 1. The fourth-order valence-corrected chi connectivity index (χ4v) is 1.91. The van der Waals surface area contributed by atoms with Gasteiger partial charge in [0.05, 0.1) is 6.04 Å². The van der Waals surface area contributed by atoms with Gasteiger partial charge < -0.3 is 11.1 Å². The van der Waals surface area contributed by atoms with Crippen LogP contribution in [0.4, 0.5) is 5.69 Å². The van der Waals surface area contributed by atoms with E-state index in [1.165, 1.54) is 18.4 Å². The van der Waals surface area contributed by atoms with Crippen molar-refractivity contribution in [3.8, 4) is 0 Å². The van der Waals surface area contributed by atoms with Crippen molar-refractivity contribution in [3.63, 3.8) is 0 Å². The van der Waals surface area contributed by atoms with Crippen LogP contribution >= 0.6 is 24.0 Å². The lowest BCUT2D eigenvalue weighted by Crippen LogP contribution is -2.23. The van der Waals surface area contributed by atoms with Gasteiger partial charge in [-0.3, -0.25) is 0 Å². The van der Waals surface area contributed by atoms with E-state index in [0.29, 0.717) is 12.0 Å². The second-order valence-corrected chi connectivity index (χ2v) is 4.48. The molecule has 1 aliphatic carbocycles. The van der Waals surface area contributed by atoms with Gasteiger partial charge in [0.1, 0.15) is 0 Å². The number of hydrogen-bond donors (Lipinski definition) is 2. The summed E-state index contributed by atoms with van der Waals surface area (Å²) in [6.07, 6.45) is 2.39. The highest BCUT2D eigenvalue weighted by atomic mass is 127. The molecule has 0 unspecified atom stereocenters. The first kappa shape index (κ1) is 14.3. The number of nitrogens with zero attached hydrogens (tertiary/aromatic N) is 1. The highest BCUT2D eigenvalue weighted by Crippen LogP contribution is 2.36. The number of nitrogens with two attached hydrogens (primary N) is 1. The van der Waals surface area contributed by atoms with Crippen molar-refractivity contribution >= 4 is 35.6 Å². The Morgan fingerprint density at radius 3 is 2.88 bits per heavy atom. The maximum absolute atomic E-state index is 5.85. The highest BCUT2D eigenvalue weighted by molar-refractivity contribution is 14.0. The van der Waals surface area contributed by atoms with Gasteiger partial charge in [0, 0.05) is 5.69 Å². The lowest BCUT2D eigenvalue weighted by Gasteiger charge is -2.05. The van der Waals surface area contributed by atoms with Gasteiger partial charge in [-0.05, 0) is 37.0 Å². The number of aliphatic imine (C=N–C) groups is 1. The summed E-state index contributed by atoms with van der Waals surface area (Å²) < 4.78 is 0. The molecular formula is C13H20IN3. The molecule has 2 atom stereocenters. The molecule has 17 heavy (non-hydrogen) atoms. The van der Waals surface area contributed by atoms with Gasteiger partial charge in [0.2, 0.25) is 0 Å². The van der Waals surface area contributed by atoms with Crippen molar-refractivity contribution in [1.29, 1.82) is 0 Å². The number of rotatable bonds is 3. The van der Waals surface area contributed by atoms with Crippen LogP contribution in [0, 0.1) is 12.8 Å². The van der Waals surface area contributed by atoms with E-state index in [2.05, 4.69) is 36.3 Å². The van der Waals surface area contributed by atoms with Crippen molar-refractivity contribution < 1.29 is 0 Å². The Morgan fingerprint density at radius 2 is 2.29 bits per heavy atom. The average molecular weight is 345 g/mol. The van der Waals surface area contributed by atoms with E-state index in [0.717, 1.165) is 11.6 Å². The zero-order valence-electron chi connectivity index (χ0n) is 10.3. The molecule has 0 amide bonds. The maximum atomic E-state index is 5.85. The summed E-state index contributed by atoms with van der Waals surface area (Å²) in [5.41, 5.74) is 8.08. The Balaban J connectivity index is 0.00000144. The minimum Gasteiger partial charge on any atom is -0.370 e. The van der Waals surface area contributed by atoms with Crippen LogP contribution in [0.3, 0.4) is 0 Å². The number of aryl methyl sites for hydroxylation is 1. The van der Waals surface area contributed by atoms with Crippen LogP contribution in [0.5, 0.6) is 0 Å². The molecule has 3 nitrogen and oxygen atoms in total. The minimum absolute atomic E-state index is 0. The standard InChI is InChI=1S/C13H19N3.HI/c1-3-10-8-12(10)16-13(14)15-11-6-4-5-9(2)7-11;/h4-7,10,12H,3,8H2,1-2H3,(H3,14,15,16);1H/t10-,12-;/m1./s1. The van der Waals surface area contributed by atoms with Crippen LogP contribution in [0.15, 0.2) is 29.3 Å². The van der Waals surface area contributed by atoms with E-state index in [4.69, 9.17) is 5.73 Å². The summed E-state index contributed by atoms with van der Waals surface area (Å²) in [7, 11) is 0. The van der Waals surface area contributed by atoms with Gasteiger partial charge >= 0.3 is 0 Å². The monoisotopic (exact) mass is 345 g/mol. The molecule has 1 aromatic carbocycles. The molecule has 0 saturated heterocycles. The van der Waals surface area contributed by atoms with E-state index in [1.807, 2.05) is 12.1 Å². The molecule has 0 bridgehead atoms. The summed E-state index contributed by atoms with van der Waals surface area (Å²) in [6.45, 7) is 4.26. The average Bonchev–Trinajstić information content (AvgIpc) is 2.96. The Labute approximate surface area is 120 Å². The Hall–Kier alpha value is -0.780. The molecule has 0 aromatic heterocycles. The fourth-order valence-electron chi connectivity index (χ4n) is 1.91. The molecule has 3 N–H and O–H groups in total. The van der Waals surface area contributed by atoms with Gasteiger partial charge in [0.15, 0.2) is 5.96 Å². The molecule has 2 rings (SSSR count). The summed E-state index contributed by atoms with van der Waals surface area (Å²) in [5.74, 6) is 1.28. The molecule has 0 radical (unpaired) electrons. The summed E-state index contributed by atoms with van der Waals surface area (Å²) in [4.78, 5) is 4.45. The third kappa shape index (κ3) is 4.18. The fraction of sp³-hybridized carbons (Fsp3) is 0.462. The Bertz CT molecular complexity index is 403. The second-order valence-electron chi connectivity index (χ2n) is 4.48. The van der Waals surface area contributed by atoms with E-state index < -0.39 is 0 Å². The number of guanidine groups is 1. The zero-order chi connectivity index (χ0) is 11.5. The highest BCUT2D eigenvalue weighted by Gasteiger charge is 2.35. The largest absolute Gasteiger partial charge is 0.370 e. The van der Waals surface area contributed by atoms with E-state index >= 15 is 0 Å². The van der Waals surface area contributed by atoms with Crippen LogP contribution in [0.1, 0.15) is 25.3 Å². The molecule has 1 aliphatic rings. The molecule has 0 spiro atoms. The smallest absolute Gasteiger partial charge is 0.193 e. The number of benzene rings is 1. The maximum Gasteiger partial charge on any atom is 0.193 e. The number of halogens is 1. The van der Waals surface area contributed by atoms with E-state index in [9.17, 15) is 0 Å². The van der Waals surface area contributed by atoms with Crippen LogP contribution in [0.25, 0.3) is 0 Å². The second kappa shape index (κ2) is 6.23. The molecule has 1 aromatic rings. The Kier molecular flexibility index (Phi) is 5.24. The van der Waals surface area contributed by atoms with Crippen molar-refractivity contribution in [3.05, 3.63) is 29.8 Å². The van der Waals surface area contributed by atoms with Crippen molar-refractivity contribution in [2.75, 3.05) is 5.32 Å². The van der Waals surface area contributed by atoms with Crippen molar-refractivity contribution in [1.82, 2.24) is 0 Å². The van der Waals surface area contributed by atoms with Gasteiger partial charge in [-0.1, -0.05) is 25.5 Å². The lowest BCUT2D eigenvalue weighted by molar-refractivity contribution is 0.759. The molecule has 94 valence electrons. The van der Waals surface area contributed by atoms with Crippen molar-refractivity contribution in [2.45, 2.75) is 32.7 Å². The summed E-state index contributed by atoms with van der Waals surface area (Å²) in [5, 5.41) is 3.13. The Morgan fingerprint density at radius 1 is 1.53 bits per heavy atom. The summed E-state index contributed by atoms with van der Waals surface area (Å²) >= 11 is 0. The molecule has 1 fully saturated rings. The molecule has 1 saturated carbocycles. The van der Waals surface area contributed by atoms with Crippen LogP contribution in [-0.2, 0) is 0 Å². The van der Waals surface area contributed by atoms with E-state index in [1.54, 1.807) is 0 Å². The topological polar surface area (TPSA) is 50.4 Å². The van der Waals surface area contributed by atoms with Crippen LogP contribution in [-0.4, -0.2) is 12.0 Å². The lowest BCUT2D eigenvalue weighted by atomic mass is 10.2. The first-order chi connectivity index (χ1) is 7.69. The normalized spacial score (nSPS) is 22.8. The van der Waals surface area contributed by atoms with E-state index in [-0.39, 0.29) is 24.0 Å². The van der Waals surface area contributed by atoms with Gasteiger partial charge in [-0.25, -0.2) is 4.99 Å². The van der Waals surface area contributed by atoms with Gasteiger partial charge in [-0.15, -0.1) is 24.0 Å². The zero-order valence-corrected chi connectivity index (χ0v) is 12.6. The predicted molar refractivity (Wildman–Crippen MR) is 84.0 cm³/mol. The van der Waals surface area contributed by atoms with Crippen LogP contribution < -0.4 is 11.1 Å². The summed E-state index contributed by atoms with van der Waals surface area (Å²) in [6, 6.07) is 8.58. The quantitative estimate of drug-likeness (QED) is 0.502. The minimum atomic E-state index is 0. The van der Waals surface area contributed by atoms with Gasteiger partial charge in [-0.2, -0.15) is 0 Å². The predicted octanol–water partition coefficient (Wildman–Crippen LogP) is 3.14. The molecule has 0 heterocycles. The van der Waals surface area contributed by atoms with Crippen molar-refractivity contribution in [2.24, 2.45) is 16.6 Å². The first-order valence-corrected chi connectivity index (χ1v) is 5.86. The number of anilines is 1. The molecule has 4 heteroatoms. The number of hydrogen-bond acceptors (Lipinski definition) is 1. The third-order valence-electron chi connectivity index (χ3n) is 3.01.